The third-order valence-corrected chi connectivity index (χ3v) is 8.70. The van der Waals surface area contributed by atoms with E-state index in [1.807, 2.05) is 12.1 Å². The van der Waals surface area contributed by atoms with Crippen molar-refractivity contribution in [3.8, 4) is 17.0 Å². The van der Waals surface area contributed by atoms with Gasteiger partial charge >= 0.3 is 6.18 Å². The molecule has 2 saturated heterocycles. The number of fused-ring (bicyclic) bond motifs is 1. The quantitative estimate of drug-likeness (QED) is 0.322. The summed E-state index contributed by atoms with van der Waals surface area (Å²) in [4.78, 5) is 24.4. The summed E-state index contributed by atoms with van der Waals surface area (Å²) in [5, 5.41) is 17.7. The summed E-state index contributed by atoms with van der Waals surface area (Å²) in [5.74, 6) is 0.125. The molecule has 0 unspecified atom stereocenters. The van der Waals surface area contributed by atoms with Gasteiger partial charge in [-0.05, 0) is 48.9 Å². The minimum absolute atomic E-state index is 0.00569. The minimum atomic E-state index is -4.73. The number of aliphatic hydroxyl groups is 1. The second kappa shape index (κ2) is 12.7. The molecule has 2 aliphatic rings. The highest BCUT2D eigenvalue weighted by atomic mass is 19.4. The van der Waals surface area contributed by atoms with Crippen LogP contribution in [0, 0.1) is 6.92 Å². The number of benzene rings is 2. The molecule has 0 aliphatic carbocycles. The highest BCUT2D eigenvalue weighted by Gasteiger charge is 2.39. The molecule has 0 radical (unpaired) electrons. The lowest BCUT2D eigenvalue weighted by molar-refractivity contribution is -0.143. The standard InChI is InChI=1S/C32H36F3N7O3/c1-21-28(22-6-8-25(45-2)9-7-22)38-30-26(19-37-42(30)29(21)32(33,34)35)31(44)41-16-14-40(15-17-41)27(20-43)23-4-3-5-24(18-23)39-12-10-36-11-13-39/h3-9,18-19,27,36,43H,10-17,20H2,1-2H3/t27-/m0/s1. The maximum atomic E-state index is 14.3. The van der Waals surface area contributed by atoms with E-state index in [9.17, 15) is 23.1 Å². The number of ether oxygens (including phenoxy) is 1. The topological polar surface area (TPSA) is 98.5 Å². The molecule has 0 spiro atoms. The van der Waals surface area contributed by atoms with Crippen molar-refractivity contribution in [1.82, 2.24) is 29.7 Å². The average Bonchev–Trinajstić information content (AvgIpc) is 3.48. The van der Waals surface area contributed by atoms with Gasteiger partial charge in [-0.15, -0.1) is 0 Å². The first-order valence-corrected chi connectivity index (χ1v) is 15.0. The Morgan fingerprint density at radius 1 is 1.04 bits per heavy atom. The summed E-state index contributed by atoms with van der Waals surface area (Å²) in [5.41, 5.74) is 1.49. The van der Waals surface area contributed by atoms with Crippen molar-refractivity contribution in [1.29, 1.82) is 0 Å². The second-order valence-corrected chi connectivity index (χ2v) is 11.3. The summed E-state index contributed by atoms with van der Waals surface area (Å²) in [6.45, 7) is 6.62. The molecule has 1 amide bonds. The number of aromatic nitrogens is 3. The molecule has 0 bridgehead atoms. The van der Waals surface area contributed by atoms with Gasteiger partial charge in [0.05, 0.1) is 31.6 Å². The van der Waals surface area contributed by atoms with Gasteiger partial charge in [-0.3, -0.25) is 9.69 Å². The molecular formula is C32H36F3N7O3. The van der Waals surface area contributed by atoms with Gasteiger partial charge in [-0.1, -0.05) is 12.1 Å². The number of amides is 1. The average molecular weight is 624 g/mol. The number of alkyl halides is 3. The van der Waals surface area contributed by atoms with Crippen molar-refractivity contribution in [2.24, 2.45) is 0 Å². The Hall–Kier alpha value is -4.20. The first-order chi connectivity index (χ1) is 21.7. The summed E-state index contributed by atoms with van der Waals surface area (Å²) >= 11 is 0. The largest absolute Gasteiger partial charge is 0.497 e. The van der Waals surface area contributed by atoms with E-state index in [4.69, 9.17) is 4.74 Å². The van der Waals surface area contributed by atoms with Crippen LogP contribution in [0.4, 0.5) is 18.9 Å². The molecule has 2 aromatic carbocycles. The minimum Gasteiger partial charge on any atom is -0.497 e. The summed E-state index contributed by atoms with van der Waals surface area (Å²) in [6.07, 6.45) is -3.56. The van der Waals surface area contributed by atoms with Gasteiger partial charge in [0.25, 0.3) is 5.91 Å². The number of halogens is 3. The Kier molecular flexibility index (Phi) is 8.67. The Labute approximate surface area is 259 Å². The molecule has 13 heteroatoms. The molecule has 2 N–H and O–H groups in total. The van der Waals surface area contributed by atoms with E-state index in [1.165, 1.54) is 20.2 Å². The zero-order valence-corrected chi connectivity index (χ0v) is 25.2. The number of rotatable bonds is 7. The number of hydrogen-bond donors (Lipinski definition) is 2. The Morgan fingerprint density at radius 2 is 1.76 bits per heavy atom. The van der Waals surface area contributed by atoms with Gasteiger partial charge < -0.3 is 25.0 Å². The van der Waals surface area contributed by atoms with E-state index >= 15 is 0 Å². The number of nitrogens with zero attached hydrogens (tertiary/aromatic N) is 6. The zero-order chi connectivity index (χ0) is 31.7. The molecule has 10 nitrogen and oxygen atoms in total. The van der Waals surface area contributed by atoms with Gasteiger partial charge in [0.15, 0.2) is 11.3 Å². The van der Waals surface area contributed by atoms with Crippen molar-refractivity contribution >= 4 is 17.2 Å². The maximum absolute atomic E-state index is 14.3. The van der Waals surface area contributed by atoms with E-state index in [1.54, 1.807) is 29.2 Å². The number of carbonyl (C=O) groups is 1. The molecule has 2 aromatic heterocycles. The lowest BCUT2D eigenvalue weighted by Crippen LogP contribution is -2.50. The number of carbonyl (C=O) groups excluding carboxylic acids is 1. The summed E-state index contributed by atoms with van der Waals surface area (Å²) in [7, 11) is 1.51. The number of hydrogen-bond acceptors (Lipinski definition) is 8. The Bertz CT molecular complexity index is 1660. The molecule has 6 rings (SSSR count). The molecular weight excluding hydrogens is 587 g/mol. The van der Waals surface area contributed by atoms with Crippen LogP contribution in [0.25, 0.3) is 16.9 Å². The fourth-order valence-electron chi connectivity index (χ4n) is 6.28. The molecule has 1 atom stereocenters. The van der Waals surface area contributed by atoms with Crippen molar-refractivity contribution in [3.63, 3.8) is 0 Å². The highest BCUT2D eigenvalue weighted by Crippen LogP contribution is 2.37. The third-order valence-electron chi connectivity index (χ3n) is 8.70. The predicted octanol–water partition coefficient (Wildman–Crippen LogP) is 3.63. The smallest absolute Gasteiger partial charge is 0.433 e. The lowest BCUT2D eigenvalue weighted by Gasteiger charge is -2.39. The van der Waals surface area contributed by atoms with Gasteiger partial charge in [0.1, 0.15) is 11.3 Å². The number of anilines is 1. The van der Waals surface area contributed by atoms with Crippen molar-refractivity contribution in [2.75, 3.05) is 71.0 Å². The maximum Gasteiger partial charge on any atom is 0.433 e. The van der Waals surface area contributed by atoms with Crippen LogP contribution in [0.5, 0.6) is 5.75 Å². The third kappa shape index (κ3) is 6.07. The first kappa shape index (κ1) is 30.8. The molecule has 4 heterocycles. The van der Waals surface area contributed by atoms with Crippen molar-refractivity contribution < 1.29 is 27.8 Å². The highest BCUT2D eigenvalue weighted by molar-refractivity contribution is 6.00. The van der Waals surface area contributed by atoms with Crippen LogP contribution in [0.1, 0.15) is 33.2 Å². The number of piperazine rings is 2. The predicted molar refractivity (Wildman–Crippen MR) is 164 cm³/mol. The van der Waals surface area contributed by atoms with Crippen molar-refractivity contribution in [2.45, 2.75) is 19.1 Å². The van der Waals surface area contributed by atoms with Gasteiger partial charge in [0, 0.05) is 69.2 Å². The van der Waals surface area contributed by atoms with Gasteiger partial charge in [-0.25, -0.2) is 9.50 Å². The van der Waals surface area contributed by atoms with E-state index in [0.29, 0.717) is 37.5 Å². The fourth-order valence-corrected chi connectivity index (χ4v) is 6.28. The normalized spacial score (nSPS) is 17.1. The van der Waals surface area contributed by atoms with E-state index in [-0.39, 0.29) is 35.1 Å². The molecule has 45 heavy (non-hydrogen) atoms. The SMILES string of the molecule is COc1ccc(-c2nc3c(C(=O)N4CCN([C@@H](CO)c5cccc(N6CCNCC6)c5)CC4)cnn3c(C(F)(F)F)c2C)cc1. The van der Waals surface area contributed by atoms with E-state index in [2.05, 4.69) is 37.3 Å². The second-order valence-electron chi connectivity index (χ2n) is 11.3. The molecule has 0 saturated carbocycles. The first-order valence-electron chi connectivity index (χ1n) is 15.0. The van der Waals surface area contributed by atoms with Crippen LogP contribution in [-0.2, 0) is 6.18 Å². The molecule has 238 valence electrons. The zero-order valence-electron chi connectivity index (χ0n) is 25.2. The number of nitrogens with one attached hydrogen (secondary N) is 1. The van der Waals surface area contributed by atoms with Gasteiger partial charge in [0.2, 0.25) is 0 Å². The Morgan fingerprint density at radius 3 is 2.40 bits per heavy atom. The van der Waals surface area contributed by atoms with Crippen LogP contribution in [-0.4, -0.2) is 101 Å². The molecule has 2 fully saturated rings. The van der Waals surface area contributed by atoms with Crippen LogP contribution >= 0.6 is 0 Å². The van der Waals surface area contributed by atoms with Crippen LogP contribution in [0.15, 0.2) is 54.7 Å². The summed E-state index contributed by atoms with van der Waals surface area (Å²) in [6, 6.07) is 14.5. The van der Waals surface area contributed by atoms with Crippen molar-refractivity contribution in [3.05, 3.63) is 77.1 Å². The Balaban J connectivity index is 1.24. The molecule has 2 aliphatic heterocycles. The van der Waals surface area contributed by atoms with Crippen LogP contribution in [0.3, 0.4) is 0 Å². The van der Waals surface area contributed by atoms with Gasteiger partial charge in [-0.2, -0.15) is 18.3 Å². The number of aliphatic hydroxyl groups excluding tert-OH is 1. The fraction of sp³-hybridized carbons (Fsp3) is 0.406. The van der Waals surface area contributed by atoms with Crippen LogP contribution in [0.2, 0.25) is 0 Å². The van der Waals surface area contributed by atoms with Crippen LogP contribution < -0.4 is 15.0 Å². The molecule has 4 aromatic rings. The number of methoxy groups -OCH3 is 1. The monoisotopic (exact) mass is 623 g/mol. The summed E-state index contributed by atoms with van der Waals surface area (Å²) < 4.78 is 48.9. The van der Waals surface area contributed by atoms with E-state index in [0.717, 1.165) is 41.9 Å². The van der Waals surface area contributed by atoms with E-state index < -0.39 is 17.8 Å². The lowest BCUT2D eigenvalue weighted by atomic mass is 10.0.